The zero-order chi connectivity index (χ0) is 18.8. The molecule has 0 heterocycles. The molecule has 0 unspecified atom stereocenters. The van der Waals surface area contributed by atoms with Crippen molar-refractivity contribution in [1.29, 1.82) is 0 Å². The molecule has 1 amide bonds. The fourth-order valence-electron chi connectivity index (χ4n) is 2.30. The molecule has 134 valence electrons. The third-order valence-corrected chi connectivity index (χ3v) is 4.93. The first-order valence-electron chi connectivity index (χ1n) is 7.27. The Hall–Kier alpha value is -2.74. The molecule has 0 fully saturated rings. The number of amides is 1. The summed E-state index contributed by atoms with van der Waals surface area (Å²) in [5.74, 6) is -0.266. The van der Waals surface area contributed by atoms with Crippen molar-refractivity contribution in [2.75, 3.05) is 14.2 Å². The second-order valence-electron chi connectivity index (χ2n) is 5.37. The predicted octanol–water partition coefficient (Wildman–Crippen LogP) is 2.19. The Kier molecular flexibility index (Phi) is 5.22. The Morgan fingerprint density at radius 3 is 2.12 bits per heavy atom. The predicted molar refractivity (Wildman–Crippen MR) is 91.8 cm³/mol. The normalized spacial score (nSPS) is 11.0. The van der Waals surface area contributed by atoms with Crippen LogP contribution in [0, 0.1) is 13.8 Å². The molecule has 0 saturated heterocycles. The van der Waals surface area contributed by atoms with Gasteiger partial charge < -0.3 is 19.4 Å². The van der Waals surface area contributed by atoms with Crippen molar-refractivity contribution in [2.45, 2.75) is 18.7 Å². The van der Waals surface area contributed by atoms with Gasteiger partial charge in [0.15, 0.2) is 17.2 Å². The van der Waals surface area contributed by atoms with E-state index in [1.165, 1.54) is 38.5 Å². The van der Waals surface area contributed by atoms with E-state index in [0.29, 0.717) is 11.3 Å². The topological polar surface area (TPSA) is 105 Å². The number of ether oxygens (including phenoxy) is 2. The molecule has 2 aromatic rings. The summed E-state index contributed by atoms with van der Waals surface area (Å²) in [6.07, 6.45) is 0. The van der Waals surface area contributed by atoms with Crippen LogP contribution >= 0.6 is 0 Å². The van der Waals surface area contributed by atoms with Gasteiger partial charge >= 0.3 is 10.1 Å². The minimum atomic E-state index is -4.22. The van der Waals surface area contributed by atoms with Crippen LogP contribution in [-0.2, 0) is 10.1 Å². The highest BCUT2D eigenvalue weighted by Crippen LogP contribution is 2.34. The second-order valence-corrected chi connectivity index (χ2v) is 6.89. The van der Waals surface area contributed by atoms with Gasteiger partial charge in [0, 0.05) is 6.07 Å². The minimum Gasteiger partial charge on any atom is -0.493 e. The summed E-state index contributed by atoms with van der Waals surface area (Å²) in [5, 5.41) is 0. The average molecular weight is 365 g/mol. The van der Waals surface area contributed by atoms with Crippen LogP contribution in [0.4, 0.5) is 0 Å². The van der Waals surface area contributed by atoms with Crippen LogP contribution in [0.1, 0.15) is 21.5 Å². The molecule has 0 saturated carbocycles. The van der Waals surface area contributed by atoms with E-state index in [2.05, 4.69) is 0 Å². The monoisotopic (exact) mass is 365 g/mol. The molecule has 0 aromatic heterocycles. The SMILES string of the molecule is COc1cc(C)c(S(=O)(=O)Oc2cc(C)ccc2C(N)=O)cc1OC. The van der Waals surface area contributed by atoms with Crippen molar-refractivity contribution < 1.29 is 26.9 Å². The van der Waals surface area contributed by atoms with E-state index >= 15 is 0 Å². The van der Waals surface area contributed by atoms with Crippen LogP contribution in [0.25, 0.3) is 0 Å². The van der Waals surface area contributed by atoms with Crippen molar-refractivity contribution in [3.63, 3.8) is 0 Å². The molecule has 0 spiro atoms. The number of hydrogen-bond donors (Lipinski definition) is 1. The summed E-state index contributed by atoms with van der Waals surface area (Å²) in [5.41, 5.74) is 6.39. The van der Waals surface area contributed by atoms with Crippen LogP contribution in [0.5, 0.6) is 17.2 Å². The van der Waals surface area contributed by atoms with Gasteiger partial charge in [-0.2, -0.15) is 8.42 Å². The molecular formula is C17H19NO6S. The first-order chi connectivity index (χ1) is 11.7. The van der Waals surface area contributed by atoms with Gasteiger partial charge in [-0.15, -0.1) is 0 Å². The molecule has 7 nitrogen and oxygen atoms in total. The summed E-state index contributed by atoms with van der Waals surface area (Å²) < 4.78 is 40.9. The number of rotatable bonds is 6. The first kappa shape index (κ1) is 18.6. The van der Waals surface area contributed by atoms with Crippen molar-refractivity contribution >= 4 is 16.0 Å². The molecule has 0 aliphatic heterocycles. The lowest BCUT2D eigenvalue weighted by atomic mass is 10.1. The maximum atomic E-state index is 12.7. The molecule has 0 aliphatic carbocycles. The first-order valence-corrected chi connectivity index (χ1v) is 8.68. The third kappa shape index (κ3) is 3.85. The zero-order valence-corrected chi connectivity index (χ0v) is 15.1. The highest BCUT2D eigenvalue weighted by Gasteiger charge is 2.24. The Labute approximate surface area is 146 Å². The Balaban J connectivity index is 2.54. The number of nitrogens with two attached hydrogens (primary N) is 1. The Bertz CT molecular complexity index is 921. The van der Waals surface area contributed by atoms with Crippen molar-refractivity contribution in [3.8, 4) is 17.2 Å². The maximum Gasteiger partial charge on any atom is 0.339 e. The molecule has 25 heavy (non-hydrogen) atoms. The van der Waals surface area contributed by atoms with Gasteiger partial charge in [-0.1, -0.05) is 6.07 Å². The van der Waals surface area contributed by atoms with E-state index in [4.69, 9.17) is 19.4 Å². The largest absolute Gasteiger partial charge is 0.493 e. The number of carbonyl (C=O) groups excluding carboxylic acids is 1. The lowest BCUT2D eigenvalue weighted by Gasteiger charge is -2.15. The Morgan fingerprint density at radius 2 is 1.56 bits per heavy atom. The number of hydrogen-bond acceptors (Lipinski definition) is 6. The van der Waals surface area contributed by atoms with Crippen molar-refractivity contribution in [2.24, 2.45) is 5.73 Å². The highest BCUT2D eigenvalue weighted by molar-refractivity contribution is 7.87. The average Bonchev–Trinajstić information content (AvgIpc) is 2.53. The van der Waals surface area contributed by atoms with Crippen molar-refractivity contribution in [3.05, 3.63) is 47.0 Å². The quantitative estimate of drug-likeness (QED) is 0.787. The summed E-state index contributed by atoms with van der Waals surface area (Å²) in [6, 6.07) is 7.34. The van der Waals surface area contributed by atoms with Crippen LogP contribution in [-0.4, -0.2) is 28.5 Å². The molecule has 0 bridgehead atoms. The summed E-state index contributed by atoms with van der Waals surface area (Å²) >= 11 is 0. The van der Waals surface area contributed by atoms with Crippen molar-refractivity contribution in [1.82, 2.24) is 0 Å². The maximum absolute atomic E-state index is 12.7. The van der Waals surface area contributed by atoms with Gasteiger partial charge in [0.05, 0.1) is 19.8 Å². The minimum absolute atomic E-state index is 0.0210. The summed E-state index contributed by atoms with van der Waals surface area (Å²) in [7, 11) is -1.37. The number of methoxy groups -OCH3 is 2. The fraction of sp³-hybridized carbons (Fsp3) is 0.235. The zero-order valence-electron chi connectivity index (χ0n) is 14.3. The van der Waals surface area contributed by atoms with Gasteiger partial charge in [-0.05, 0) is 43.2 Å². The molecule has 2 aromatic carbocycles. The number of benzene rings is 2. The molecule has 8 heteroatoms. The van der Waals surface area contributed by atoms with Crippen LogP contribution in [0.2, 0.25) is 0 Å². The van der Waals surface area contributed by atoms with E-state index in [1.807, 2.05) is 0 Å². The van der Waals surface area contributed by atoms with Crippen LogP contribution in [0.3, 0.4) is 0 Å². The smallest absolute Gasteiger partial charge is 0.339 e. The highest BCUT2D eigenvalue weighted by atomic mass is 32.2. The summed E-state index contributed by atoms with van der Waals surface area (Å²) in [4.78, 5) is 11.4. The van der Waals surface area contributed by atoms with E-state index in [9.17, 15) is 13.2 Å². The summed E-state index contributed by atoms with van der Waals surface area (Å²) in [6.45, 7) is 3.34. The van der Waals surface area contributed by atoms with E-state index in [-0.39, 0.29) is 22.0 Å². The Morgan fingerprint density at radius 1 is 0.960 bits per heavy atom. The molecule has 0 radical (unpaired) electrons. The van der Waals surface area contributed by atoms with Gasteiger partial charge in [-0.25, -0.2) is 0 Å². The van der Waals surface area contributed by atoms with Gasteiger partial charge in [0.1, 0.15) is 4.90 Å². The van der Waals surface area contributed by atoms with Gasteiger partial charge in [-0.3, -0.25) is 4.79 Å². The fourth-order valence-corrected chi connectivity index (χ4v) is 3.47. The van der Waals surface area contributed by atoms with E-state index in [1.54, 1.807) is 19.9 Å². The molecule has 2 rings (SSSR count). The molecule has 0 atom stereocenters. The lowest BCUT2D eigenvalue weighted by molar-refractivity contribution is 0.0999. The van der Waals surface area contributed by atoms with Gasteiger partial charge in [0.25, 0.3) is 5.91 Å². The van der Waals surface area contributed by atoms with E-state index < -0.39 is 16.0 Å². The third-order valence-electron chi connectivity index (χ3n) is 3.55. The van der Waals surface area contributed by atoms with Gasteiger partial charge in [0.2, 0.25) is 0 Å². The number of carbonyl (C=O) groups is 1. The van der Waals surface area contributed by atoms with Crippen LogP contribution in [0.15, 0.2) is 35.2 Å². The molecule has 2 N–H and O–H groups in total. The molecule has 0 aliphatic rings. The van der Waals surface area contributed by atoms with Crippen LogP contribution < -0.4 is 19.4 Å². The standard InChI is InChI=1S/C17H19NO6S/c1-10-5-6-12(17(18)19)13(7-10)24-25(20,21)16-9-15(23-4)14(22-3)8-11(16)2/h5-9H,1-4H3,(H2,18,19). The molecular weight excluding hydrogens is 346 g/mol. The second kappa shape index (κ2) is 7.02. The number of primary amides is 1. The number of aryl methyl sites for hydroxylation is 2. The lowest BCUT2D eigenvalue weighted by Crippen LogP contribution is -2.17. The van der Waals surface area contributed by atoms with E-state index in [0.717, 1.165) is 5.56 Å².